The average molecular weight is 317 g/mol. The Bertz CT molecular complexity index is 761. The van der Waals surface area contributed by atoms with Crippen molar-refractivity contribution in [3.63, 3.8) is 0 Å². The van der Waals surface area contributed by atoms with Crippen LogP contribution in [0.5, 0.6) is 0 Å². The minimum atomic E-state index is -0.123. The third-order valence-electron chi connectivity index (χ3n) is 3.69. The van der Waals surface area contributed by atoms with Gasteiger partial charge in [0.2, 0.25) is 0 Å². The molecule has 3 aromatic rings. The predicted octanol–water partition coefficient (Wildman–Crippen LogP) is 4.00. The largest absolute Gasteiger partial charge is 0.334 e. The summed E-state index contributed by atoms with van der Waals surface area (Å²) in [5.41, 5.74) is 2.97. The Morgan fingerprint density at radius 1 is 0.833 bits per heavy atom. The van der Waals surface area contributed by atoms with Gasteiger partial charge in [-0.3, -0.25) is 9.88 Å². The number of carbonyl (C=O) groups excluding carboxylic acids is 1. The molecule has 0 aliphatic carbocycles. The van der Waals surface area contributed by atoms with Crippen molar-refractivity contribution in [1.29, 1.82) is 0 Å². The number of rotatable bonds is 5. The average Bonchev–Trinajstić information content (AvgIpc) is 2.66. The molecule has 0 aliphatic heterocycles. The second-order valence-electron chi connectivity index (χ2n) is 5.42. The van der Waals surface area contributed by atoms with Gasteiger partial charge in [0.05, 0.1) is 6.54 Å². The van der Waals surface area contributed by atoms with Crippen LogP contribution in [0.25, 0.3) is 0 Å². The highest BCUT2D eigenvalue weighted by atomic mass is 16.2. The Labute approximate surface area is 141 Å². The normalized spacial score (nSPS) is 10.2. The maximum Gasteiger partial charge on any atom is 0.322 e. The van der Waals surface area contributed by atoms with Crippen LogP contribution in [0, 0.1) is 0 Å². The number of hydrogen-bond acceptors (Lipinski definition) is 2. The minimum absolute atomic E-state index is 0.123. The molecule has 3 rings (SSSR count). The van der Waals surface area contributed by atoms with Crippen molar-refractivity contribution < 1.29 is 4.79 Å². The summed E-state index contributed by atoms with van der Waals surface area (Å²) in [6.45, 7) is 0.993. The molecule has 0 aliphatic rings. The first-order valence-corrected chi connectivity index (χ1v) is 7.86. The molecule has 0 unspecified atom stereocenters. The minimum Gasteiger partial charge on any atom is -0.334 e. The van der Waals surface area contributed by atoms with Crippen LogP contribution in [0.4, 0.5) is 10.5 Å². The van der Waals surface area contributed by atoms with E-state index in [4.69, 9.17) is 0 Å². The van der Waals surface area contributed by atoms with Crippen molar-refractivity contribution in [2.45, 2.75) is 13.1 Å². The van der Waals surface area contributed by atoms with Gasteiger partial charge in [-0.05, 0) is 35.4 Å². The van der Waals surface area contributed by atoms with Crippen LogP contribution in [0.1, 0.15) is 11.1 Å². The number of nitrogens with zero attached hydrogens (tertiary/aromatic N) is 2. The second-order valence-corrected chi connectivity index (χ2v) is 5.42. The highest BCUT2D eigenvalue weighted by Gasteiger charge is 2.15. The van der Waals surface area contributed by atoms with E-state index in [-0.39, 0.29) is 6.03 Å². The summed E-state index contributed by atoms with van der Waals surface area (Å²) in [6, 6.07) is 23.3. The number of aromatic nitrogens is 1. The van der Waals surface area contributed by atoms with E-state index >= 15 is 0 Å². The molecule has 4 nitrogen and oxygen atoms in total. The lowest BCUT2D eigenvalue weighted by Crippen LogP contribution is -2.39. The summed E-state index contributed by atoms with van der Waals surface area (Å²) in [6.07, 6.45) is 3.45. The molecule has 1 N–H and O–H groups in total. The van der Waals surface area contributed by atoms with E-state index in [0.717, 1.165) is 16.8 Å². The molecule has 0 atom stereocenters. The van der Waals surface area contributed by atoms with E-state index in [1.54, 1.807) is 17.3 Å². The van der Waals surface area contributed by atoms with Crippen LogP contribution in [-0.4, -0.2) is 11.0 Å². The summed E-state index contributed by atoms with van der Waals surface area (Å²) in [5.74, 6) is 0. The van der Waals surface area contributed by atoms with E-state index in [9.17, 15) is 4.79 Å². The lowest BCUT2D eigenvalue weighted by Gasteiger charge is -2.23. The first kappa shape index (κ1) is 15.7. The summed E-state index contributed by atoms with van der Waals surface area (Å²) < 4.78 is 0. The smallest absolute Gasteiger partial charge is 0.322 e. The summed E-state index contributed by atoms with van der Waals surface area (Å²) in [4.78, 5) is 18.5. The highest BCUT2D eigenvalue weighted by molar-refractivity contribution is 5.91. The molecular formula is C20H19N3O. The Hall–Kier alpha value is -3.14. The van der Waals surface area contributed by atoms with Gasteiger partial charge in [-0.2, -0.15) is 0 Å². The fourth-order valence-electron chi connectivity index (χ4n) is 2.43. The van der Waals surface area contributed by atoms with Crippen molar-refractivity contribution >= 4 is 11.7 Å². The fraction of sp³-hybridized carbons (Fsp3) is 0.100. The van der Waals surface area contributed by atoms with Gasteiger partial charge in [-0.25, -0.2) is 4.79 Å². The summed E-state index contributed by atoms with van der Waals surface area (Å²) in [7, 11) is 0. The molecule has 1 aromatic heterocycles. The van der Waals surface area contributed by atoms with Crippen LogP contribution in [0.15, 0.2) is 85.2 Å². The van der Waals surface area contributed by atoms with Crippen LogP contribution >= 0.6 is 0 Å². The molecule has 1 heterocycles. The van der Waals surface area contributed by atoms with Gasteiger partial charge in [-0.1, -0.05) is 48.5 Å². The van der Waals surface area contributed by atoms with E-state index in [1.165, 1.54) is 0 Å². The number of para-hydroxylation sites is 1. The van der Waals surface area contributed by atoms with Crippen molar-refractivity contribution in [2.24, 2.45) is 0 Å². The molecule has 0 radical (unpaired) electrons. The van der Waals surface area contributed by atoms with Gasteiger partial charge >= 0.3 is 6.03 Å². The zero-order valence-electron chi connectivity index (χ0n) is 13.3. The van der Waals surface area contributed by atoms with Gasteiger partial charge < -0.3 is 5.32 Å². The predicted molar refractivity (Wildman–Crippen MR) is 95.5 cm³/mol. The first-order valence-electron chi connectivity index (χ1n) is 7.86. The Morgan fingerprint density at radius 2 is 1.46 bits per heavy atom. The number of urea groups is 1. The Kier molecular flexibility index (Phi) is 5.20. The molecule has 0 bridgehead atoms. The van der Waals surface area contributed by atoms with Gasteiger partial charge in [0.15, 0.2) is 0 Å². The number of anilines is 1. The molecule has 0 saturated carbocycles. The van der Waals surface area contributed by atoms with Gasteiger partial charge in [0.1, 0.15) is 0 Å². The molecule has 0 fully saturated rings. The lowest BCUT2D eigenvalue weighted by atomic mass is 10.2. The van der Waals surface area contributed by atoms with Crippen LogP contribution < -0.4 is 10.2 Å². The maximum absolute atomic E-state index is 12.7. The monoisotopic (exact) mass is 317 g/mol. The van der Waals surface area contributed by atoms with E-state index < -0.39 is 0 Å². The number of amides is 2. The zero-order valence-corrected chi connectivity index (χ0v) is 13.3. The van der Waals surface area contributed by atoms with Gasteiger partial charge in [-0.15, -0.1) is 0 Å². The van der Waals surface area contributed by atoms with Crippen LogP contribution in [-0.2, 0) is 13.1 Å². The number of pyridine rings is 1. The number of hydrogen-bond donors (Lipinski definition) is 1. The molecule has 4 heteroatoms. The topological polar surface area (TPSA) is 45.2 Å². The quantitative estimate of drug-likeness (QED) is 0.773. The number of nitrogens with one attached hydrogen (secondary N) is 1. The molecule has 120 valence electrons. The van der Waals surface area contributed by atoms with Crippen molar-refractivity contribution in [2.75, 3.05) is 4.90 Å². The van der Waals surface area contributed by atoms with E-state index in [2.05, 4.69) is 10.3 Å². The van der Waals surface area contributed by atoms with Crippen molar-refractivity contribution in [3.8, 4) is 0 Å². The molecule has 0 saturated heterocycles. The van der Waals surface area contributed by atoms with Gasteiger partial charge in [0, 0.05) is 24.6 Å². The SMILES string of the molecule is O=C(NCc1ccncc1)N(Cc1ccccc1)c1ccccc1. The van der Waals surface area contributed by atoms with E-state index in [1.807, 2.05) is 72.8 Å². The summed E-state index contributed by atoms with van der Waals surface area (Å²) >= 11 is 0. The molecule has 0 spiro atoms. The van der Waals surface area contributed by atoms with Crippen molar-refractivity contribution in [1.82, 2.24) is 10.3 Å². The molecule has 2 amide bonds. The number of benzene rings is 2. The third kappa shape index (κ3) is 4.20. The zero-order chi connectivity index (χ0) is 16.6. The molecule has 2 aromatic carbocycles. The second kappa shape index (κ2) is 7.92. The standard InChI is InChI=1S/C20H19N3O/c24-20(22-15-17-11-13-21-14-12-17)23(19-9-5-2-6-10-19)16-18-7-3-1-4-8-18/h1-14H,15-16H2,(H,22,24). The fourth-order valence-corrected chi connectivity index (χ4v) is 2.43. The molecule has 24 heavy (non-hydrogen) atoms. The Morgan fingerprint density at radius 3 is 2.12 bits per heavy atom. The number of carbonyl (C=O) groups is 1. The maximum atomic E-state index is 12.7. The first-order chi connectivity index (χ1) is 11.8. The van der Waals surface area contributed by atoms with Crippen LogP contribution in [0.3, 0.4) is 0 Å². The molecular weight excluding hydrogens is 298 g/mol. The van der Waals surface area contributed by atoms with Crippen molar-refractivity contribution in [3.05, 3.63) is 96.3 Å². The van der Waals surface area contributed by atoms with E-state index in [0.29, 0.717) is 13.1 Å². The van der Waals surface area contributed by atoms with Gasteiger partial charge in [0.25, 0.3) is 0 Å². The Balaban J connectivity index is 1.75. The van der Waals surface area contributed by atoms with Crippen LogP contribution in [0.2, 0.25) is 0 Å². The summed E-state index contributed by atoms with van der Waals surface area (Å²) in [5, 5.41) is 2.98. The third-order valence-corrected chi connectivity index (χ3v) is 3.69. The highest BCUT2D eigenvalue weighted by Crippen LogP contribution is 2.17. The lowest BCUT2D eigenvalue weighted by molar-refractivity contribution is 0.245.